The van der Waals surface area contributed by atoms with Crippen LogP contribution in [-0.4, -0.2) is 19.0 Å². The molecule has 58 valence electrons. The molecule has 1 amide bonds. The van der Waals surface area contributed by atoms with Crippen molar-refractivity contribution in [3.63, 3.8) is 0 Å². The normalized spacial score (nSPS) is 27.4. The molecule has 1 aliphatic heterocycles. The summed E-state index contributed by atoms with van der Waals surface area (Å²) in [6.07, 6.45) is 3.26. The molecule has 0 aromatic rings. The van der Waals surface area contributed by atoms with Gasteiger partial charge < -0.3 is 11.1 Å². The van der Waals surface area contributed by atoms with Crippen LogP contribution in [0, 0.1) is 5.92 Å². The molecule has 1 fully saturated rings. The van der Waals surface area contributed by atoms with Gasteiger partial charge in [0, 0.05) is 6.54 Å². The number of amides is 1. The topological polar surface area (TPSA) is 55.1 Å². The van der Waals surface area contributed by atoms with Crippen molar-refractivity contribution in [2.24, 2.45) is 11.7 Å². The third-order valence-electron chi connectivity index (χ3n) is 1.95. The Kier molecular flexibility index (Phi) is 2.68. The lowest BCUT2D eigenvalue weighted by molar-refractivity contribution is -0.121. The molecule has 0 aliphatic carbocycles. The first-order chi connectivity index (χ1) is 4.80. The molecular weight excluding hydrogens is 128 g/mol. The van der Waals surface area contributed by atoms with Crippen molar-refractivity contribution in [3.8, 4) is 0 Å². The van der Waals surface area contributed by atoms with E-state index < -0.39 is 0 Å². The Bertz CT molecular complexity index is 117. The molecule has 3 nitrogen and oxygen atoms in total. The highest BCUT2D eigenvalue weighted by Gasteiger charge is 2.16. The zero-order chi connectivity index (χ0) is 7.40. The van der Waals surface area contributed by atoms with E-state index in [1.165, 1.54) is 6.42 Å². The molecule has 1 saturated heterocycles. The Balaban J connectivity index is 2.35. The quantitative estimate of drug-likeness (QED) is 0.535. The number of hydrogen-bond acceptors (Lipinski definition) is 2. The molecule has 3 heteroatoms. The molecule has 1 unspecified atom stereocenters. The molecule has 1 aliphatic rings. The van der Waals surface area contributed by atoms with Gasteiger partial charge in [0.1, 0.15) is 0 Å². The van der Waals surface area contributed by atoms with Gasteiger partial charge in [-0.25, -0.2) is 0 Å². The summed E-state index contributed by atoms with van der Waals surface area (Å²) in [5.41, 5.74) is 5.16. The second-order valence-electron chi connectivity index (χ2n) is 2.80. The number of nitrogens with two attached hydrogens (primary N) is 1. The van der Waals surface area contributed by atoms with Crippen LogP contribution in [0.4, 0.5) is 0 Å². The summed E-state index contributed by atoms with van der Waals surface area (Å²) in [6, 6.07) is 0. The van der Waals surface area contributed by atoms with E-state index in [1.54, 1.807) is 0 Å². The molecule has 1 rings (SSSR count). The Morgan fingerprint density at radius 2 is 2.30 bits per heavy atom. The number of nitrogens with one attached hydrogen (secondary N) is 1. The first-order valence-electron chi connectivity index (χ1n) is 3.81. The van der Waals surface area contributed by atoms with Crippen LogP contribution >= 0.6 is 0 Å². The Hall–Kier alpha value is -0.570. The average molecular weight is 142 g/mol. The van der Waals surface area contributed by atoms with Crippen LogP contribution in [0.25, 0.3) is 0 Å². The fourth-order valence-corrected chi connectivity index (χ4v) is 1.26. The minimum Gasteiger partial charge on any atom is -0.369 e. The van der Waals surface area contributed by atoms with Crippen LogP contribution in [0.2, 0.25) is 0 Å². The predicted octanol–water partition coefficient (Wildman–Crippen LogP) is -0.139. The van der Waals surface area contributed by atoms with Crippen molar-refractivity contribution in [3.05, 3.63) is 0 Å². The lowest BCUT2D eigenvalue weighted by Crippen LogP contribution is -2.31. The SMILES string of the molecule is NC(=O)C1CCCCNC1. The second kappa shape index (κ2) is 3.56. The molecule has 0 aromatic heterocycles. The Morgan fingerprint density at radius 3 is 3.00 bits per heavy atom. The van der Waals surface area contributed by atoms with Gasteiger partial charge in [-0.05, 0) is 19.4 Å². The zero-order valence-corrected chi connectivity index (χ0v) is 6.10. The molecule has 3 N–H and O–H groups in total. The summed E-state index contributed by atoms with van der Waals surface area (Å²) in [7, 11) is 0. The maximum atomic E-state index is 10.7. The molecule has 0 radical (unpaired) electrons. The highest BCUT2D eigenvalue weighted by Crippen LogP contribution is 2.09. The number of carbonyl (C=O) groups excluding carboxylic acids is 1. The average Bonchev–Trinajstić information content (AvgIpc) is 2.12. The van der Waals surface area contributed by atoms with Crippen LogP contribution in [0.1, 0.15) is 19.3 Å². The summed E-state index contributed by atoms with van der Waals surface area (Å²) < 4.78 is 0. The van der Waals surface area contributed by atoms with E-state index in [1.807, 2.05) is 0 Å². The van der Waals surface area contributed by atoms with E-state index in [0.717, 1.165) is 25.9 Å². The molecule has 0 aromatic carbocycles. The molecule has 0 bridgehead atoms. The van der Waals surface area contributed by atoms with Crippen molar-refractivity contribution in [1.29, 1.82) is 0 Å². The first-order valence-corrected chi connectivity index (χ1v) is 3.81. The molecular formula is C7H14N2O. The predicted molar refractivity (Wildman–Crippen MR) is 39.4 cm³/mol. The van der Waals surface area contributed by atoms with Crippen LogP contribution in [0.3, 0.4) is 0 Å². The van der Waals surface area contributed by atoms with Crippen molar-refractivity contribution in [1.82, 2.24) is 5.32 Å². The van der Waals surface area contributed by atoms with Gasteiger partial charge in [-0.15, -0.1) is 0 Å². The molecule has 1 atom stereocenters. The van der Waals surface area contributed by atoms with Crippen LogP contribution < -0.4 is 11.1 Å². The number of primary amides is 1. The minimum absolute atomic E-state index is 0.0718. The van der Waals surface area contributed by atoms with Gasteiger partial charge >= 0.3 is 0 Å². The summed E-state index contributed by atoms with van der Waals surface area (Å²) in [5.74, 6) is -0.0862. The van der Waals surface area contributed by atoms with Crippen molar-refractivity contribution in [2.75, 3.05) is 13.1 Å². The summed E-state index contributed by atoms with van der Waals surface area (Å²) in [6.45, 7) is 1.80. The fourth-order valence-electron chi connectivity index (χ4n) is 1.26. The van der Waals surface area contributed by atoms with Gasteiger partial charge in [0.25, 0.3) is 0 Å². The van der Waals surface area contributed by atoms with Crippen molar-refractivity contribution in [2.45, 2.75) is 19.3 Å². The summed E-state index contributed by atoms with van der Waals surface area (Å²) >= 11 is 0. The number of hydrogen-bond donors (Lipinski definition) is 2. The third kappa shape index (κ3) is 1.99. The van der Waals surface area contributed by atoms with Crippen LogP contribution in [0.15, 0.2) is 0 Å². The second-order valence-corrected chi connectivity index (χ2v) is 2.80. The number of carbonyl (C=O) groups is 1. The maximum Gasteiger partial charge on any atom is 0.221 e. The van der Waals surface area contributed by atoms with E-state index in [-0.39, 0.29) is 11.8 Å². The van der Waals surface area contributed by atoms with E-state index in [2.05, 4.69) is 5.32 Å². The smallest absolute Gasteiger partial charge is 0.221 e. The first kappa shape index (κ1) is 7.54. The van der Waals surface area contributed by atoms with Gasteiger partial charge in [-0.1, -0.05) is 6.42 Å². The van der Waals surface area contributed by atoms with Gasteiger partial charge in [0.05, 0.1) is 5.92 Å². The highest BCUT2D eigenvalue weighted by atomic mass is 16.1. The van der Waals surface area contributed by atoms with E-state index in [4.69, 9.17) is 5.73 Å². The third-order valence-corrected chi connectivity index (χ3v) is 1.95. The number of rotatable bonds is 1. The van der Waals surface area contributed by atoms with E-state index in [9.17, 15) is 4.79 Å². The lowest BCUT2D eigenvalue weighted by atomic mass is 10.0. The van der Waals surface area contributed by atoms with Crippen molar-refractivity contribution < 1.29 is 4.79 Å². The van der Waals surface area contributed by atoms with Gasteiger partial charge in [0.2, 0.25) is 5.91 Å². The largest absolute Gasteiger partial charge is 0.369 e. The Labute approximate surface area is 61.0 Å². The molecule has 0 spiro atoms. The standard InChI is InChI=1S/C7H14N2O/c8-7(10)6-3-1-2-4-9-5-6/h6,9H,1-5H2,(H2,8,10). The summed E-state index contributed by atoms with van der Waals surface area (Å²) in [5, 5.41) is 3.18. The van der Waals surface area contributed by atoms with E-state index >= 15 is 0 Å². The van der Waals surface area contributed by atoms with Crippen LogP contribution in [0.5, 0.6) is 0 Å². The van der Waals surface area contributed by atoms with Crippen molar-refractivity contribution >= 4 is 5.91 Å². The van der Waals surface area contributed by atoms with Gasteiger partial charge in [-0.3, -0.25) is 4.79 Å². The molecule has 0 saturated carbocycles. The molecule has 1 heterocycles. The Morgan fingerprint density at radius 1 is 1.50 bits per heavy atom. The van der Waals surface area contributed by atoms with Gasteiger partial charge in [-0.2, -0.15) is 0 Å². The minimum atomic E-state index is -0.158. The monoisotopic (exact) mass is 142 g/mol. The maximum absolute atomic E-state index is 10.7. The van der Waals surface area contributed by atoms with E-state index in [0.29, 0.717) is 0 Å². The van der Waals surface area contributed by atoms with Crippen LogP contribution in [-0.2, 0) is 4.79 Å². The lowest BCUT2D eigenvalue weighted by Gasteiger charge is -2.07. The fraction of sp³-hybridized carbons (Fsp3) is 0.857. The van der Waals surface area contributed by atoms with Gasteiger partial charge in [0.15, 0.2) is 0 Å². The summed E-state index contributed by atoms with van der Waals surface area (Å²) in [4.78, 5) is 10.7. The highest BCUT2D eigenvalue weighted by molar-refractivity contribution is 5.76. The zero-order valence-electron chi connectivity index (χ0n) is 6.10. The molecule has 10 heavy (non-hydrogen) atoms.